The molecule has 0 spiro atoms. The maximum Gasteiger partial charge on any atom is 0.0378 e. The molecule has 16 heavy (non-hydrogen) atoms. The van der Waals surface area contributed by atoms with Gasteiger partial charge >= 0.3 is 0 Å². The average molecular weight is 232 g/mol. The zero-order chi connectivity index (χ0) is 12.6. The molecular weight excluding hydrogens is 208 g/mol. The van der Waals surface area contributed by atoms with Crippen molar-refractivity contribution in [2.45, 2.75) is 48.3 Å². The Labute approximate surface area is 95.0 Å². The van der Waals surface area contributed by atoms with Gasteiger partial charge in [0.25, 0.3) is 0 Å². The number of hydrogen-bond donors (Lipinski definition) is 8. The number of rotatable bonds is 0. The predicted molar refractivity (Wildman–Crippen MR) is 63.8 cm³/mol. The molecule has 1 rings (SSSR count). The molecule has 0 atom stereocenters. The fourth-order valence-corrected chi connectivity index (χ4v) is 2.05. The van der Waals surface area contributed by atoms with Crippen molar-refractivity contribution >= 4 is 0 Å². The maximum atomic E-state index is 5.88. The smallest absolute Gasteiger partial charge is 0.0378 e. The highest BCUT2D eigenvalue weighted by atomic mass is 15.0. The molecule has 0 heterocycles. The third-order valence-electron chi connectivity index (χ3n) is 3.56. The molecule has 0 saturated heterocycles. The normalized spacial score (nSPS) is 55.5. The fourth-order valence-electron chi connectivity index (χ4n) is 2.05. The average Bonchev–Trinajstić information content (AvgIpc) is 2.30. The molecule has 0 aliphatic heterocycles. The van der Waals surface area contributed by atoms with Gasteiger partial charge in [0, 0.05) is 48.3 Å². The van der Waals surface area contributed by atoms with E-state index in [0.717, 1.165) is 0 Å². The Morgan fingerprint density at radius 1 is 0.250 bits per heavy atom. The van der Waals surface area contributed by atoms with Crippen molar-refractivity contribution < 1.29 is 0 Å². The summed E-state index contributed by atoms with van der Waals surface area (Å²) in [5.74, 6) is 0. The van der Waals surface area contributed by atoms with Gasteiger partial charge in [-0.15, -0.1) is 0 Å². The van der Waals surface area contributed by atoms with Gasteiger partial charge in [0.2, 0.25) is 0 Å². The zero-order valence-corrected chi connectivity index (χ0v) is 9.24. The highest BCUT2D eigenvalue weighted by Crippen LogP contribution is 2.12. The highest BCUT2D eigenvalue weighted by Gasteiger charge is 2.41. The molecule has 16 N–H and O–H groups in total. The lowest BCUT2D eigenvalue weighted by atomic mass is 9.78. The third kappa shape index (κ3) is 2.19. The van der Waals surface area contributed by atoms with E-state index in [9.17, 15) is 0 Å². The van der Waals surface area contributed by atoms with Crippen LogP contribution in [0.1, 0.15) is 0 Å². The van der Waals surface area contributed by atoms with Crippen LogP contribution in [0.2, 0.25) is 0 Å². The molecule has 8 heteroatoms. The molecule has 0 aromatic heterocycles. The zero-order valence-electron chi connectivity index (χ0n) is 9.24. The summed E-state index contributed by atoms with van der Waals surface area (Å²) in [5, 5.41) is 0. The van der Waals surface area contributed by atoms with Gasteiger partial charge in [-0.1, -0.05) is 0 Å². The summed E-state index contributed by atoms with van der Waals surface area (Å²) in [6, 6.07) is -4.37. The second-order valence-corrected chi connectivity index (χ2v) is 4.62. The van der Waals surface area contributed by atoms with E-state index in [1.54, 1.807) is 0 Å². The summed E-state index contributed by atoms with van der Waals surface area (Å²) in [5.41, 5.74) is 47.0. The molecule has 0 bridgehead atoms. The van der Waals surface area contributed by atoms with Crippen LogP contribution in [0.5, 0.6) is 0 Å². The van der Waals surface area contributed by atoms with E-state index < -0.39 is 48.3 Å². The van der Waals surface area contributed by atoms with Crippen LogP contribution in [0.25, 0.3) is 0 Å². The van der Waals surface area contributed by atoms with Crippen LogP contribution in [0.4, 0.5) is 0 Å². The second-order valence-electron chi connectivity index (χ2n) is 4.62. The molecule has 1 fully saturated rings. The van der Waals surface area contributed by atoms with E-state index in [2.05, 4.69) is 0 Å². The minimum atomic E-state index is -0.547. The Bertz CT molecular complexity index is 148. The van der Waals surface area contributed by atoms with Crippen LogP contribution in [-0.2, 0) is 0 Å². The van der Waals surface area contributed by atoms with E-state index in [0.29, 0.717) is 0 Å². The van der Waals surface area contributed by atoms with Crippen LogP contribution >= 0.6 is 0 Å². The van der Waals surface area contributed by atoms with E-state index in [-0.39, 0.29) is 0 Å². The summed E-state index contributed by atoms with van der Waals surface area (Å²) in [4.78, 5) is 0. The number of hydrogen-bond acceptors (Lipinski definition) is 8. The molecule has 96 valence electrons. The topological polar surface area (TPSA) is 208 Å². The first-order valence-electron chi connectivity index (χ1n) is 5.33. The molecule has 0 unspecified atom stereocenters. The highest BCUT2D eigenvalue weighted by molar-refractivity contribution is 5.09. The van der Waals surface area contributed by atoms with Gasteiger partial charge in [0.15, 0.2) is 0 Å². The predicted octanol–water partition coefficient (Wildman–Crippen LogP) is -5.38. The van der Waals surface area contributed by atoms with E-state index >= 15 is 0 Å². The van der Waals surface area contributed by atoms with Gasteiger partial charge in [-0.25, -0.2) is 0 Å². The fraction of sp³-hybridized carbons (Fsp3) is 1.00. The van der Waals surface area contributed by atoms with Gasteiger partial charge in [0.1, 0.15) is 0 Å². The standard InChI is InChI=1S/C8H24N8/c9-1-2(10)4(12)6(14)8(16)7(15)5(13)3(1)11/h1-8H,9-16H2. The van der Waals surface area contributed by atoms with Crippen LogP contribution in [-0.4, -0.2) is 48.3 Å². The maximum absolute atomic E-state index is 5.88. The third-order valence-corrected chi connectivity index (χ3v) is 3.56. The molecule has 8 nitrogen and oxygen atoms in total. The van der Waals surface area contributed by atoms with Gasteiger partial charge < -0.3 is 45.9 Å². The second kappa shape index (κ2) is 4.90. The SMILES string of the molecule is NC1C(N)C(N)C(N)C(N)C(N)C(N)C1N. The first kappa shape index (κ1) is 13.7. The van der Waals surface area contributed by atoms with Crippen molar-refractivity contribution in [3.63, 3.8) is 0 Å². The molecule has 0 radical (unpaired) electrons. The lowest BCUT2D eigenvalue weighted by Gasteiger charge is -2.43. The Hall–Kier alpha value is -0.320. The van der Waals surface area contributed by atoms with Crippen LogP contribution in [0.15, 0.2) is 0 Å². The lowest BCUT2D eigenvalue weighted by molar-refractivity contribution is 0.239. The first-order valence-corrected chi connectivity index (χ1v) is 5.33. The van der Waals surface area contributed by atoms with Crippen LogP contribution in [0, 0.1) is 0 Å². The van der Waals surface area contributed by atoms with Crippen LogP contribution in [0.3, 0.4) is 0 Å². The van der Waals surface area contributed by atoms with Crippen molar-refractivity contribution in [2.24, 2.45) is 45.9 Å². The molecule has 1 aliphatic rings. The van der Waals surface area contributed by atoms with E-state index in [4.69, 9.17) is 45.9 Å². The quantitative estimate of drug-likeness (QED) is 0.201. The Morgan fingerprint density at radius 2 is 0.312 bits per heavy atom. The minimum Gasteiger partial charge on any atom is -0.325 e. The summed E-state index contributed by atoms with van der Waals surface area (Å²) >= 11 is 0. The largest absolute Gasteiger partial charge is 0.325 e. The van der Waals surface area contributed by atoms with Crippen LogP contribution < -0.4 is 45.9 Å². The summed E-state index contributed by atoms with van der Waals surface area (Å²) < 4.78 is 0. The van der Waals surface area contributed by atoms with Crippen molar-refractivity contribution in [3.8, 4) is 0 Å². The first-order chi connectivity index (χ1) is 7.29. The van der Waals surface area contributed by atoms with Crippen molar-refractivity contribution in [3.05, 3.63) is 0 Å². The molecule has 0 aromatic carbocycles. The molecule has 1 saturated carbocycles. The van der Waals surface area contributed by atoms with Gasteiger partial charge in [0.05, 0.1) is 0 Å². The minimum absolute atomic E-state index is 0.547. The van der Waals surface area contributed by atoms with Gasteiger partial charge in [-0.05, 0) is 0 Å². The molecule has 1 aliphatic carbocycles. The Kier molecular flexibility index (Phi) is 4.21. The van der Waals surface area contributed by atoms with Crippen molar-refractivity contribution in [1.82, 2.24) is 0 Å². The monoisotopic (exact) mass is 232 g/mol. The van der Waals surface area contributed by atoms with E-state index in [1.165, 1.54) is 0 Å². The van der Waals surface area contributed by atoms with Gasteiger partial charge in [-0.2, -0.15) is 0 Å². The summed E-state index contributed by atoms with van der Waals surface area (Å²) in [6.07, 6.45) is 0. The molecule has 0 aromatic rings. The number of nitrogens with two attached hydrogens (primary N) is 8. The molecule has 0 amide bonds. The Balaban J connectivity index is 2.98. The summed E-state index contributed by atoms with van der Waals surface area (Å²) in [7, 11) is 0. The van der Waals surface area contributed by atoms with E-state index in [1.807, 2.05) is 0 Å². The lowest BCUT2D eigenvalue weighted by Crippen LogP contribution is -2.77. The Morgan fingerprint density at radius 3 is 0.375 bits per heavy atom. The van der Waals surface area contributed by atoms with Gasteiger partial charge in [-0.3, -0.25) is 0 Å². The van der Waals surface area contributed by atoms with Crippen molar-refractivity contribution in [1.29, 1.82) is 0 Å². The van der Waals surface area contributed by atoms with Crippen molar-refractivity contribution in [2.75, 3.05) is 0 Å². The molecular formula is C8H24N8. The summed E-state index contributed by atoms with van der Waals surface area (Å²) in [6.45, 7) is 0.